The van der Waals surface area contributed by atoms with E-state index in [0.29, 0.717) is 77.0 Å². The van der Waals surface area contributed by atoms with Gasteiger partial charge in [-0.2, -0.15) is 10.2 Å². The van der Waals surface area contributed by atoms with E-state index in [4.69, 9.17) is 41.4 Å². The third-order valence-corrected chi connectivity index (χ3v) is 12.0. The first-order valence-corrected chi connectivity index (χ1v) is 24.0. The zero-order valence-corrected chi connectivity index (χ0v) is 41.0. The van der Waals surface area contributed by atoms with Gasteiger partial charge < -0.3 is 46.1 Å². The molecule has 2 amide bonds. The number of anilines is 2. The third-order valence-electron chi connectivity index (χ3n) is 12.0. The number of carbonyl (C=O) groups is 2. The van der Waals surface area contributed by atoms with Crippen molar-refractivity contribution in [2.75, 3.05) is 44.3 Å². The van der Waals surface area contributed by atoms with Gasteiger partial charge in [-0.15, -0.1) is 0 Å². The summed E-state index contributed by atoms with van der Waals surface area (Å²) in [6.07, 6.45) is 6.07. The quantitative estimate of drug-likeness (QED) is 0.0792. The van der Waals surface area contributed by atoms with Crippen molar-refractivity contribution >= 4 is 45.5 Å². The second kappa shape index (κ2) is 22.9. The Hall–Kier alpha value is -8.26. The third kappa shape index (κ3) is 12.4. The number of piperidine rings is 2. The molecule has 0 spiro atoms. The summed E-state index contributed by atoms with van der Waals surface area (Å²) in [7, 11) is 0. The number of amides is 2. The van der Waals surface area contributed by atoms with E-state index >= 15 is 0 Å². The van der Waals surface area contributed by atoms with Crippen LogP contribution >= 0.6 is 0 Å². The van der Waals surface area contributed by atoms with Crippen LogP contribution in [0.5, 0.6) is 23.0 Å². The van der Waals surface area contributed by atoms with Gasteiger partial charge in [-0.3, -0.25) is 9.59 Å². The monoisotopic (exact) mass is 988 g/mol. The van der Waals surface area contributed by atoms with Crippen molar-refractivity contribution in [3.63, 3.8) is 0 Å². The molecule has 4 aromatic heterocycles. The van der Waals surface area contributed by atoms with Crippen molar-refractivity contribution in [3.05, 3.63) is 135 Å². The number of benzene rings is 4. The van der Waals surface area contributed by atoms with E-state index in [1.165, 1.54) is 18.7 Å². The molecule has 73 heavy (non-hydrogen) atoms. The number of carbonyl (C=O) groups excluding carboxylic acids is 2. The molecule has 2 saturated heterocycles. The molecular formula is C54H60N12O7. The van der Waals surface area contributed by atoms with Crippen molar-refractivity contribution in [2.24, 2.45) is 0 Å². The van der Waals surface area contributed by atoms with Crippen molar-refractivity contribution in [3.8, 4) is 45.5 Å². The number of fused-ring (bicyclic) bond motifs is 2. The van der Waals surface area contributed by atoms with Crippen molar-refractivity contribution in [2.45, 2.75) is 70.2 Å². The Morgan fingerprint density at radius 1 is 0.671 bits per heavy atom. The summed E-state index contributed by atoms with van der Waals surface area (Å²) in [5.74, 6) is 3.07. The van der Waals surface area contributed by atoms with Crippen LogP contribution in [0.15, 0.2) is 135 Å². The summed E-state index contributed by atoms with van der Waals surface area (Å²) >= 11 is 0. The lowest BCUT2D eigenvalue weighted by Crippen LogP contribution is -2.46. The van der Waals surface area contributed by atoms with Gasteiger partial charge in [-0.05, 0) is 125 Å². The first-order valence-electron chi connectivity index (χ1n) is 24.0. The second-order valence-electron chi connectivity index (χ2n) is 18.6. The minimum Gasteiger partial charge on any atom is -0.457 e. The largest absolute Gasteiger partial charge is 0.457 e. The Kier molecular flexibility index (Phi) is 16.0. The van der Waals surface area contributed by atoms with Crippen molar-refractivity contribution in [1.82, 2.24) is 49.3 Å². The Bertz CT molecular complexity index is 3140. The molecule has 3 atom stereocenters. The average Bonchev–Trinajstić information content (AvgIpc) is 4.00. The van der Waals surface area contributed by atoms with Crippen LogP contribution in [0.2, 0.25) is 0 Å². The molecule has 0 radical (unpaired) electrons. The Labute approximate surface area is 422 Å². The van der Waals surface area contributed by atoms with Gasteiger partial charge in [-0.25, -0.2) is 29.3 Å². The molecule has 6 heterocycles. The van der Waals surface area contributed by atoms with Crippen LogP contribution < -0.4 is 20.9 Å². The van der Waals surface area contributed by atoms with Crippen molar-refractivity contribution in [1.29, 1.82) is 0 Å². The number of aromatic nitrogens is 8. The first kappa shape index (κ1) is 51.1. The van der Waals surface area contributed by atoms with Gasteiger partial charge in [0.1, 0.15) is 58.7 Å². The van der Waals surface area contributed by atoms with Gasteiger partial charge in [0.2, 0.25) is 5.91 Å². The molecule has 4 aromatic carbocycles. The molecule has 7 N–H and O–H groups in total. The molecule has 0 aliphatic carbocycles. The molecule has 10 rings (SSSR count). The number of nitrogen functional groups attached to an aromatic ring is 2. The molecule has 0 bridgehead atoms. The number of aliphatic hydroxyl groups excluding tert-OH is 2. The number of nitrogens with two attached hydrogens (primary N) is 2. The smallest absolute Gasteiger partial charge is 0.253 e. The fourth-order valence-corrected chi connectivity index (χ4v) is 8.64. The van der Waals surface area contributed by atoms with Crippen LogP contribution in [0, 0.1) is 0 Å². The molecular weight excluding hydrogens is 929 g/mol. The SMILES string of the molecule is C=CC(=O)N1CCCC(n2nc(-c3ccc(Oc4ccccc4)cc3)c3c(N)ncnc32)C1.CC(C)(C)O.Nc1ncnc2c1c(-c1ccc(Oc3ccccc3)cc1)nn2C1CCCN(C(=O)C(O)CO)C1. The Balaban J connectivity index is 0.000000179. The predicted octanol–water partition coefficient (Wildman–Crippen LogP) is 7.38. The minimum atomic E-state index is -1.42. The number of para-hydroxylation sites is 2. The van der Waals surface area contributed by atoms with Crippen LogP contribution in [0.25, 0.3) is 44.6 Å². The highest BCUT2D eigenvalue weighted by molar-refractivity contribution is 5.99. The maximum absolute atomic E-state index is 12.4. The van der Waals surface area contributed by atoms with E-state index in [2.05, 4.69) is 26.5 Å². The van der Waals surface area contributed by atoms with Gasteiger partial charge in [0.25, 0.3) is 5.91 Å². The molecule has 2 fully saturated rings. The number of ether oxygens (including phenoxy) is 2. The summed E-state index contributed by atoms with van der Waals surface area (Å²) in [5, 5.41) is 38.6. The lowest BCUT2D eigenvalue weighted by atomic mass is 10.1. The van der Waals surface area contributed by atoms with Gasteiger partial charge in [0.05, 0.1) is 35.1 Å². The molecule has 19 heteroatoms. The average molecular weight is 989 g/mol. The lowest BCUT2D eigenvalue weighted by Gasteiger charge is -2.33. The summed E-state index contributed by atoms with van der Waals surface area (Å²) in [5.41, 5.74) is 16.3. The van der Waals surface area contributed by atoms with Crippen LogP contribution in [-0.4, -0.2) is 121 Å². The maximum Gasteiger partial charge on any atom is 0.253 e. The number of rotatable bonds is 11. The number of likely N-dealkylation sites (tertiary alicyclic amines) is 2. The topological polar surface area (TPSA) is 259 Å². The second-order valence-corrected chi connectivity index (χ2v) is 18.6. The standard InChI is InChI=1S/C25H26N6O4.C25H24N6O2.C4H10O/c26-23-21-22(16-8-10-19(11-9-16)35-18-6-2-1-3-7-18)29-31(24(21)28-15-27-23)17-5-4-12-30(13-17)25(34)20(33)14-32;1-2-21(32)30-14-6-7-18(15-30)31-25-22(24(26)27-16-28-25)23(29-31)17-10-12-20(13-11-17)33-19-8-4-3-5-9-19;1-4(2,3)5/h1-3,6-11,15,17,20,32-33H,4-5,12-14H2,(H2,26,27,28);2-5,8-13,16,18H,1,6-7,14-15H2,(H2,26,27,28);5H,1-3H3. The summed E-state index contributed by atoms with van der Waals surface area (Å²) in [6.45, 7) is 10.4. The molecule has 2 aliphatic rings. The lowest BCUT2D eigenvalue weighted by molar-refractivity contribution is -0.143. The van der Waals surface area contributed by atoms with Crippen LogP contribution in [0.4, 0.5) is 11.6 Å². The zero-order chi connectivity index (χ0) is 51.6. The normalized spacial score (nSPS) is 16.1. The summed E-state index contributed by atoms with van der Waals surface area (Å²) in [6, 6.07) is 34.2. The Morgan fingerprint density at radius 3 is 1.48 bits per heavy atom. The molecule has 19 nitrogen and oxygen atoms in total. The van der Waals surface area contributed by atoms with Gasteiger partial charge in [0, 0.05) is 37.3 Å². The van der Waals surface area contributed by atoms with Crippen LogP contribution in [-0.2, 0) is 9.59 Å². The Morgan fingerprint density at radius 2 is 1.07 bits per heavy atom. The van der Waals surface area contributed by atoms with E-state index < -0.39 is 24.2 Å². The minimum absolute atomic E-state index is 0.00566. The number of hydrogen-bond acceptors (Lipinski definition) is 15. The van der Waals surface area contributed by atoms with E-state index in [-0.39, 0.29) is 18.0 Å². The molecule has 378 valence electrons. The highest BCUT2D eigenvalue weighted by Gasteiger charge is 2.32. The molecule has 3 unspecified atom stereocenters. The summed E-state index contributed by atoms with van der Waals surface area (Å²) in [4.78, 5) is 45.3. The highest BCUT2D eigenvalue weighted by Crippen LogP contribution is 2.37. The maximum atomic E-state index is 12.4. The molecule has 0 saturated carbocycles. The molecule has 8 aromatic rings. The van der Waals surface area contributed by atoms with E-state index in [9.17, 15) is 14.7 Å². The van der Waals surface area contributed by atoms with Crippen molar-refractivity contribution < 1.29 is 34.4 Å². The van der Waals surface area contributed by atoms with E-state index in [1.54, 1.807) is 35.3 Å². The fraction of sp³-hybridized carbons (Fsp3) is 0.296. The molecule has 2 aliphatic heterocycles. The number of hydrogen-bond donors (Lipinski definition) is 5. The number of aliphatic hydroxyl groups is 3. The summed E-state index contributed by atoms with van der Waals surface area (Å²) < 4.78 is 15.5. The van der Waals surface area contributed by atoms with Gasteiger partial charge >= 0.3 is 0 Å². The first-order chi connectivity index (χ1) is 35.2. The van der Waals surface area contributed by atoms with E-state index in [0.717, 1.165) is 54.1 Å². The van der Waals surface area contributed by atoms with Gasteiger partial charge in [0.15, 0.2) is 17.4 Å². The highest BCUT2D eigenvalue weighted by atomic mass is 16.5. The number of nitrogens with zero attached hydrogens (tertiary/aromatic N) is 10. The van der Waals surface area contributed by atoms with E-state index in [1.807, 2.05) is 114 Å². The van der Waals surface area contributed by atoms with Crippen LogP contribution in [0.1, 0.15) is 58.5 Å². The van der Waals surface area contributed by atoms with Crippen LogP contribution in [0.3, 0.4) is 0 Å². The zero-order valence-electron chi connectivity index (χ0n) is 41.0. The van der Waals surface area contributed by atoms with Gasteiger partial charge in [-0.1, -0.05) is 43.0 Å². The fourth-order valence-electron chi connectivity index (χ4n) is 8.64. The predicted molar refractivity (Wildman–Crippen MR) is 278 cm³/mol.